The van der Waals surface area contributed by atoms with Crippen molar-refractivity contribution in [2.45, 2.75) is 83.8 Å². The summed E-state index contributed by atoms with van der Waals surface area (Å²) in [4.78, 5) is 22.4. The number of carbonyl (C=O) groups is 2. The van der Waals surface area contributed by atoms with Gasteiger partial charge in [0.2, 0.25) is 5.79 Å². The molecule has 0 aliphatic carbocycles. The van der Waals surface area contributed by atoms with E-state index in [1.165, 1.54) is 13.5 Å². The molecular formula is C18H30O5. The Labute approximate surface area is 139 Å². The van der Waals surface area contributed by atoms with Gasteiger partial charge in [-0.2, -0.15) is 0 Å². The molecule has 1 heterocycles. The van der Waals surface area contributed by atoms with Crippen molar-refractivity contribution < 1.29 is 24.2 Å². The van der Waals surface area contributed by atoms with Crippen molar-refractivity contribution in [1.82, 2.24) is 0 Å². The van der Waals surface area contributed by atoms with Gasteiger partial charge in [0.15, 0.2) is 0 Å². The summed E-state index contributed by atoms with van der Waals surface area (Å²) in [6.07, 6.45) is 9.39. The summed E-state index contributed by atoms with van der Waals surface area (Å²) in [7, 11) is 1.42. The molecule has 1 N–H and O–H groups in total. The summed E-state index contributed by atoms with van der Waals surface area (Å²) in [5.74, 6) is -1.92. The van der Waals surface area contributed by atoms with Crippen LogP contribution >= 0.6 is 0 Å². The van der Waals surface area contributed by atoms with Gasteiger partial charge in [-0.15, -0.1) is 0 Å². The maximum atomic E-state index is 11.5. The fourth-order valence-corrected chi connectivity index (χ4v) is 2.79. The minimum atomic E-state index is -1.38. The van der Waals surface area contributed by atoms with E-state index in [0.29, 0.717) is 24.0 Å². The molecule has 0 radical (unpaired) electrons. The highest BCUT2D eigenvalue weighted by Gasteiger charge is 2.41. The van der Waals surface area contributed by atoms with Gasteiger partial charge in [-0.1, -0.05) is 38.5 Å². The summed E-state index contributed by atoms with van der Waals surface area (Å²) >= 11 is 0. The summed E-state index contributed by atoms with van der Waals surface area (Å²) in [6, 6.07) is 0. The smallest absolute Gasteiger partial charge is 0.336 e. The molecule has 132 valence electrons. The number of methoxy groups -OCH3 is 1. The number of aliphatic hydroxyl groups is 1. The van der Waals surface area contributed by atoms with Gasteiger partial charge in [0.1, 0.15) is 0 Å². The molecule has 1 atom stereocenters. The zero-order chi connectivity index (χ0) is 17.3. The second-order valence-corrected chi connectivity index (χ2v) is 6.33. The Morgan fingerprint density at radius 2 is 1.57 bits per heavy atom. The minimum Gasteiger partial charge on any atom is -0.469 e. The van der Waals surface area contributed by atoms with Crippen molar-refractivity contribution in [3.05, 3.63) is 11.1 Å². The molecule has 1 rings (SSSR count). The van der Waals surface area contributed by atoms with Gasteiger partial charge >= 0.3 is 11.9 Å². The summed E-state index contributed by atoms with van der Waals surface area (Å²) in [5.41, 5.74) is 1.17. The fourth-order valence-electron chi connectivity index (χ4n) is 2.79. The van der Waals surface area contributed by atoms with E-state index < -0.39 is 11.8 Å². The van der Waals surface area contributed by atoms with E-state index in [9.17, 15) is 14.7 Å². The third-order valence-electron chi connectivity index (χ3n) is 4.59. The number of esters is 2. The van der Waals surface area contributed by atoms with Gasteiger partial charge in [0, 0.05) is 24.0 Å². The maximum Gasteiger partial charge on any atom is 0.336 e. The van der Waals surface area contributed by atoms with E-state index in [0.717, 1.165) is 44.9 Å². The molecule has 0 aromatic carbocycles. The van der Waals surface area contributed by atoms with Gasteiger partial charge < -0.3 is 14.6 Å². The van der Waals surface area contributed by atoms with Crippen LogP contribution in [-0.4, -0.2) is 29.9 Å². The topological polar surface area (TPSA) is 72.8 Å². The lowest BCUT2D eigenvalue weighted by atomic mass is 9.98. The molecule has 0 bridgehead atoms. The highest BCUT2D eigenvalue weighted by atomic mass is 16.7. The van der Waals surface area contributed by atoms with Gasteiger partial charge in [-0.05, 0) is 26.7 Å². The van der Waals surface area contributed by atoms with E-state index in [2.05, 4.69) is 4.74 Å². The maximum absolute atomic E-state index is 11.5. The third-order valence-corrected chi connectivity index (χ3v) is 4.59. The molecule has 0 amide bonds. The average molecular weight is 326 g/mol. The molecule has 1 unspecified atom stereocenters. The molecule has 1 aliphatic rings. The minimum absolute atomic E-state index is 0.130. The van der Waals surface area contributed by atoms with Crippen molar-refractivity contribution in [1.29, 1.82) is 0 Å². The van der Waals surface area contributed by atoms with Crippen molar-refractivity contribution in [2.24, 2.45) is 0 Å². The first-order chi connectivity index (χ1) is 10.9. The summed E-state index contributed by atoms with van der Waals surface area (Å²) in [6.45, 7) is 3.45. The largest absolute Gasteiger partial charge is 0.469 e. The highest BCUT2D eigenvalue weighted by molar-refractivity contribution is 5.91. The van der Waals surface area contributed by atoms with Crippen LogP contribution in [0.4, 0.5) is 0 Å². The molecular weight excluding hydrogens is 296 g/mol. The Kier molecular flexibility index (Phi) is 8.31. The van der Waals surface area contributed by atoms with Crippen molar-refractivity contribution in [3.8, 4) is 0 Å². The van der Waals surface area contributed by atoms with E-state index in [1.807, 2.05) is 0 Å². The second kappa shape index (κ2) is 9.71. The van der Waals surface area contributed by atoms with Crippen molar-refractivity contribution in [3.63, 3.8) is 0 Å². The zero-order valence-electron chi connectivity index (χ0n) is 14.7. The van der Waals surface area contributed by atoms with Crippen LogP contribution in [0.1, 0.15) is 78.1 Å². The SMILES string of the molecule is COC(=O)CCCCCCCCCCC1(O)OC(=O)C(C)=C1C. The first-order valence-electron chi connectivity index (χ1n) is 8.61. The molecule has 5 heteroatoms. The molecule has 23 heavy (non-hydrogen) atoms. The lowest BCUT2D eigenvalue weighted by molar-refractivity contribution is -0.183. The van der Waals surface area contributed by atoms with Gasteiger partial charge in [-0.25, -0.2) is 4.79 Å². The van der Waals surface area contributed by atoms with Crippen molar-refractivity contribution in [2.75, 3.05) is 7.11 Å². The molecule has 0 aromatic rings. The van der Waals surface area contributed by atoms with E-state index in [4.69, 9.17) is 4.74 Å². The lowest BCUT2D eigenvalue weighted by Crippen LogP contribution is -2.30. The number of cyclic esters (lactones) is 1. The molecule has 0 aromatic heterocycles. The highest BCUT2D eigenvalue weighted by Crippen LogP contribution is 2.34. The second-order valence-electron chi connectivity index (χ2n) is 6.33. The lowest BCUT2D eigenvalue weighted by Gasteiger charge is -2.23. The van der Waals surface area contributed by atoms with Crippen LogP contribution in [0.3, 0.4) is 0 Å². The Bertz CT molecular complexity index is 441. The number of unbranched alkanes of at least 4 members (excludes halogenated alkanes) is 7. The van der Waals surface area contributed by atoms with E-state index >= 15 is 0 Å². The van der Waals surface area contributed by atoms with Crippen LogP contribution in [0.15, 0.2) is 11.1 Å². The standard InChI is InChI=1S/C18H30O5/c1-14-15(2)18(21,23-17(14)20)13-11-9-7-5-4-6-8-10-12-16(19)22-3/h21H,4-13H2,1-3H3. The van der Waals surface area contributed by atoms with E-state index in [-0.39, 0.29) is 5.97 Å². The molecule has 0 saturated heterocycles. The summed E-state index contributed by atoms with van der Waals surface area (Å²) < 4.78 is 9.68. The van der Waals surface area contributed by atoms with Crippen molar-refractivity contribution >= 4 is 11.9 Å². The molecule has 0 fully saturated rings. The Hall–Kier alpha value is -1.36. The monoisotopic (exact) mass is 326 g/mol. The van der Waals surface area contributed by atoms with Crippen LogP contribution in [0.5, 0.6) is 0 Å². The molecule has 0 saturated carbocycles. The first-order valence-corrected chi connectivity index (χ1v) is 8.61. The van der Waals surface area contributed by atoms with Crippen LogP contribution < -0.4 is 0 Å². The molecule has 0 spiro atoms. The molecule has 1 aliphatic heterocycles. The normalized spacial score (nSPS) is 20.8. The number of ether oxygens (including phenoxy) is 2. The van der Waals surface area contributed by atoms with Gasteiger partial charge in [0.05, 0.1) is 7.11 Å². The average Bonchev–Trinajstić information content (AvgIpc) is 2.72. The Balaban J connectivity index is 2.00. The summed E-state index contributed by atoms with van der Waals surface area (Å²) in [5, 5.41) is 10.3. The fraction of sp³-hybridized carbons (Fsp3) is 0.778. The zero-order valence-corrected chi connectivity index (χ0v) is 14.7. The number of hydrogen-bond donors (Lipinski definition) is 1. The van der Waals surface area contributed by atoms with Crippen LogP contribution in [-0.2, 0) is 19.1 Å². The number of carbonyl (C=O) groups excluding carboxylic acids is 2. The first kappa shape index (κ1) is 19.7. The van der Waals surface area contributed by atoms with Crippen LogP contribution in [0.2, 0.25) is 0 Å². The predicted octanol–water partition coefficient (Wildman–Crippen LogP) is 3.64. The predicted molar refractivity (Wildman–Crippen MR) is 87.6 cm³/mol. The van der Waals surface area contributed by atoms with Crippen LogP contribution in [0, 0.1) is 0 Å². The molecule has 5 nitrogen and oxygen atoms in total. The van der Waals surface area contributed by atoms with Gasteiger partial charge in [-0.3, -0.25) is 4.79 Å². The number of hydrogen-bond acceptors (Lipinski definition) is 5. The number of rotatable bonds is 11. The Morgan fingerprint density at radius 1 is 1.04 bits per heavy atom. The Morgan fingerprint density at radius 3 is 2.04 bits per heavy atom. The third kappa shape index (κ3) is 6.34. The van der Waals surface area contributed by atoms with E-state index in [1.54, 1.807) is 13.8 Å². The quantitative estimate of drug-likeness (QED) is 0.463. The van der Waals surface area contributed by atoms with Gasteiger partial charge in [0.25, 0.3) is 0 Å². The van der Waals surface area contributed by atoms with Crippen LogP contribution in [0.25, 0.3) is 0 Å².